The lowest BCUT2D eigenvalue weighted by Gasteiger charge is -2.35. The average Bonchev–Trinajstić information content (AvgIpc) is 3.41. The largest absolute Gasteiger partial charge is 0.457 e. The number of rotatable bonds is 8. The number of hydrogen-bond acceptors (Lipinski definition) is 7. The number of carbonyl (C=O) groups excluding carboxylic acids is 2. The molecule has 1 atom stereocenters. The molecule has 2 N–H and O–H groups in total. The molecule has 0 saturated carbocycles. The Balaban J connectivity index is 1.38. The average molecular weight is 541 g/mol. The van der Waals surface area contributed by atoms with E-state index in [-0.39, 0.29) is 28.3 Å². The normalized spacial score (nSPS) is 15.0. The number of amides is 1. The molecule has 0 spiro atoms. The first kappa shape index (κ1) is 25.9. The highest BCUT2D eigenvalue weighted by atomic mass is 35.5. The van der Waals surface area contributed by atoms with Gasteiger partial charge in [0, 0.05) is 37.0 Å². The Hall–Kier alpha value is -4.68. The minimum atomic E-state index is -0.358. The van der Waals surface area contributed by atoms with Crippen LogP contribution < -0.4 is 10.1 Å². The molecule has 0 aliphatic carbocycles. The fourth-order valence-electron chi connectivity index (χ4n) is 4.70. The number of aromatic amines is 1. The second kappa shape index (κ2) is 11.4. The van der Waals surface area contributed by atoms with Gasteiger partial charge < -0.3 is 19.9 Å². The van der Waals surface area contributed by atoms with Crippen LogP contribution in [-0.2, 0) is 4.79 Å². The number of H-pyrrole nitrogens is 1. The first-order valence-corrected chi connectivity index (χ1v) is 12.9. The molecule has 9 nitrogen and oxygen atoms in total. The molecular weight excluding hydrogens is 516 g/mol. The number of nitrogens with one attached hydrogen (secondary N) is 2. The van der Waals surface area contributed by atoms with Crippen molar-refractivity contribution in [3.05, 3.63) is 89.4 Å². The number of ketones is 1. The first-order valence-electron chi connectivity index (χ1n) is 12.5. The molecule has 2 aromatic heterocycles. The summed E-state index contributed by atoms with van der Waals surface area (Å²) >= 11 is 6.52. The number of halogens is 1. The fraction of sp³-hybridized carbons (Fsp3) is 0.207. The third kappa shape index (κ3) is 5.47. The van der Waals surface area contributed by atoms with Crippen molar-refractivity contribution in [1.29, 1.82) is 5.26 Å². The highest BCUT2D eigenvalue weighted by Gasteiger charge is 2.29. The quantitative estimate of drug-likeness (QED) is 0.171. The maximum absolute atomic E-state index is 13.6. The minimum absolute atomic E-state index is 0.0816. The molecule has 1 saturated heterocycles. The van der Waals surface area contributed by atoms with Gasteiger partial charge in [-0.05, 0) is 43.5 Å². The fourth-order valence-corrected chi connectivity index (χ4v) is 4.96. The smallest absolute Gasteiger partial charge is 0.264 e. The van der Waals surface area contributed by atoms with Crippen molar-refractivity contribution >= 4 is 40.1 Å². The van der Waals surface area contributed by atoms with E-state index in [2.05, 4.69) is 26.8 Å². The molecule has 10 heteroatoms. The SMILES string of the molecule is C=C(C#N)C(=O)N1CCCCC1CNc1ncnc2[nH]cc(C(=O)c3ccc(Oc4ccccc4)cc3Cl)c12. The van der Waals surface area contributed by atoms with Crippen molar-refractivity contribution in [1.82, 2.24) is 19.9 Å². The summed E-state index contributed by atoms with van der Waals surface area (Å²) in [6, 6.07) is 15.9. The Morgan fingerprint density at radius 1 is 1.15 bits per heavy atom. The molecule has 4 aromatic rings. The molecule has 1 fully saturated rings. The van der Waals surface area contributed by atoms with Crippen molar-refractivity contribution in [3.8, 4) is 17.6 Å². The number of piperidine rings is 1. The van der Waals surface area contributed by atoms with E-state index in [0.29, 0.717) is 52.6 Å². The molecular formula is C29H25ClN6O3. The molecule has 39 heavy (non-hydrogen) atoms. The lowest BCUT2D eigenvalue weighted by atomic mass is 10.0. The summed E-state index contributed by atoms with van der Waals surface area (Å²) in [6.45, 7) is 4.52. The van der Waals surface area contributed by atoms with Crippen LogP contribution in [0.2, 0.25) is 5.02 Å². The van der Waals surface area contributed by atoms with Crippen LogP contribution in [0.3, 0.4) is 0 Å². The van der Waals surface area contributed by atoms with Gasteiger partial charge in [-0.15, -0.1) is 0 Å². The van der Waals surface area contributed by atoms with Crippen molar-refractivity contribution < 1.29 is 14.3 Å². The molecule has 1 unspecified atom stereocenters. The van der Waals surface area contributed by atoms with Crippen molar-refractivity contribution in [2.45, 2.75) is 25.3 Å². The third-order valence-corrected chi connectivity index (χ3v) is 6.98. The number of likely N-dealkylation sites (tertiary alicyclic amines) is 1. The monoisotopic (exact) mass is 540 g/mol. The van der Waals surface area contributed by atoms with E-state index >= 15 is 0 Å². The van der Waals surface area contributed by atoms with E-state index < -0.39 is 0 Å². The number of nitriles is 1. The van der Waals surface area contributed by atoms with Crippen LogP contribution in [0.4, 0.5) is 5.82 Å². The molecule has 5 rings (SSSR count). The zero-order chi connectivity index (χ0) is 27.4. The Morgan fingerprint density at radius 2 is 1.97 bits per heavy atom. The van der Waals surface area contributed by atoms with Crippen molar-refractivity contribution in [2.75, 3.05) is 18.4 Å². The summed E-state index contributed by atoms with van der Waals surface area (Å²) in [5, 5.41) is 13.2. The summed E-state index contributed by atoms with van der Waals surface area (Å²) < 4.78 is 5.83. The van der Waals surface area contributed by atoms with Crippen LogP contribution in [0.5, 0.6) is 11.5 Å². The molecule has 0 bridgehead atoms. The summed E-state index contributed by atoms with van der Waals surface area (Å²) in [4.78, 5) is 39.6. The standard InChI is InChI=1S/C29H25ClN6O3/c1-18(14-31)29(38)36-12-6-5-7-19(36)15-32-27-25-23(16-33-28(25)35-17-34-27)26(37)22-11-10-21(13-24(22)30)39-20-8-3-2-4-9-20/h2-4,8-11,13,16-17,19H,1,5-7,12,15H2,(H2,32,33,34,35). The van der Waals surface area contributed by atoms with Crippen LogP contribution in [-0.4, -0.2) is 50.7 Å². The zero-order valence-electron chi connectivity index (χ0n) is 21.0. The predicted molar refractivity (Wildman–Crippen MR) is 148 cm³/mol. The van der Waals surface area contributed by atoms with Gasteiger partial charge in [-0.1, -0.05) is 36.4 Å². The highest BCUT2D eigenvalue weighted by molar-refractivity contribution is 6.35. The molecule has 3 heterocycles. The Morgan fingerprint density at radius 3 is 2.74 bits per heavy atom. The highest BCUT2D eigenvalue weighted by Crippen LogP contribution is 2.31. The Kier molecular flexibility index (Phi) is 7.57. The number of aromatic nitrogens is 3. The topological polar surface area (TPSA) is 124 Å². The maximum atomic E-state index is 13.6. The van der Waals surface area contributed by atoms with Gasteiger partial charge in [0.05, 0.1) is 16.0 Å². The van der Waals surface area contributed by atoms with Gasteiger partial charge in [-0.2, -0.15) is 5.26 Å². The first-order chi connectivity index (χ1) is 19.0. The van der Waals surface area contributed by atoms with Gasteiger partial charge in [-0.3, -0.25) is 9.59 Å². The van der Waals surface area contributed by atoms with Gasteiger partial charge in [0.25, 0.3) is 5.91 Å². The van der Waals surface area contributed by atoms with Gasteiger partial charge >= 0.3 is 0 Å². The molecule has 196 valence electrons. The minimum Gasteiger partial charge on any atom is -0.457 e. The van der Waals surface area contributed by atoms with E-state index in [4.69, 9.17) is 21.6 Å². The van der Waals surface area contributed by atoms with Crippen molar-refractivity contribution in [3.63, 3.8) is 0 Å². The molecule has 0 radical (unpaired) electrons. The molecule has 1 amide bonds. The van der Waals surface area contributed by atoms with E-state index in [0.717, 1.165) is 19.3 Å². The van der Waals surface area contributed by atoms with E-state index in [1.807, 2.05) is 36.4 Å². The third-order valence-electron chi connectivity index (χ3n) is 6.66. The Bertz CT molecular complexity index is 1590. The molecule has 1 aliphatic rings. The number of benzene rings is 2. The number of ether oxygens (including phenoxy) is 1. The second-order valence-corrected chi connectivity index (χ2v) is 9.56. The number of anilines is 1. The lowest BCUT2D eigenvalue weighted by molar-refractivity contribution is -0.129. The zero-order valence-corrected chi connectivity index (χ0v) is 21.7. The number of hydrogen-bond donors (Lipinski definition) is 2. The summed E-state index contributed by atoms with van der Waals surface area (Å²) in [5.41, 5.74) is 1.08. The van der Waals surface area contributed by atoms with E-state index in [9.17, 15) is 9.59 Å². The lowest BCUT2D eigenvalue weighted by Crippen LogP contribution is -2.47. The summed E-state index contributed by atoms with van der Waals surface area (Å²) in [5.74, 6) is 0.978. The number of para-hydroxylation sites is 1. The van der Waals surface area contributed by atoms with E-state index in [1.165, 1.54) is 6.33 Å². The number of fused-ring (bicyclic) bond motifs is 1. The van der Waals surface area contributed by atoms with Gasteiger partial charge in [0.2, 0.25) is 0 Å². The van der Waals surface area contributed by atoms with Crippen LogP contribution in [0, 0.1) is 11.3 Å². The predicted octanol–water partition coefficient (Wildman–Crippen LogP) is 5.51. The van der Waals surface area contributed by atoms with Crippen LogP contribution in [0.15, 0.2) is 73.2 Å². The van der Waals surface area contributed by atoms with E-state index in [1.54, 1.807) is 29.3 Å². The van der Waals surface area contributed by atoms with Crippen molar-refractivity contribution in [2.24, 2.45) is 0 Å². The van der Waals surface area contributed by atoms with Crippen LogP contribution in [0.25, 0.3) is 11.0 Å². The molecule has 1 aliphatic heterocycles. The van der Waals surface area contributed by atoms with Gasteiger partial charge in [0.1, 0.15) is 40.9 Å². The van der Waals surface area contributed by atoms with Crippen LogP contribution >= 0.6 is 11.6 Å². The number of carbonyl (C=O) groups is 2. The summed E-state index contributed by atoms with van der Waals surface area (Å²) in [7, 11) is 0. The second-order valence-electron chi connectivity index (χ2n) is 9.15. The molecule has 2 aromatic carbocycles. The Labute approximate surface area is 230 Å². The van der Waals surface area contributed by atoms with Gasteiger partial charge in [-0.25, -0.2) is 9.97 Å². The maximum Gasteiger partial charge on any atom is 0.264 e. The van der Waals surface area contributed by atoms with Gasteiger partial charge in [0.15, 0.2) is 5.78 Å². The van der Waals surface area contributed by atoms with Crippen LogP contribution in [0.1, 0.15) is 35.2 Å². The summed E-state index contributed by atoms with van der Waals surface area (Å²) in [6.07, 6.45) is 5.60. The number of nitrogens with zero attached hydrogens (tertiary/aromatic N) is 4.